The van der Waals surface area contributed by atoms with Crippen molar-refractivity contribution >= 4 is 34.1 Å². The molecular weight excluding hydrogens is 1660 g/mol. The van der Waals surface area contributed by atoms with Gasteiger partial charge in [-0.3, -0.25) is 0 Å². The molecule has 22 aromatic carbocycles. The summed E-state index contributed by atoms with van der Waals surface area (Å²) in [5.74, 6) is 0. The second-order valence-electron chi connectivity index (χ2n) is 36.6. The highest BCUT2D eigenvalue weighted by Gasteiger charge is 2.59. The van der Waals surface area contributed by atoms with E-state index in [4.69, 9.17) is 0 Å². The molecule has 0 aliphatic heterocycles. The van der Waals surface area contributed by atoms with Crippen LogP contribution in [-0.2, 0) is 21.7 Å². The number of anilines is 6. The highest BCUT2D eigenvalue weighted by Crippen LogP contribution is 2.68. The third-order valence-corrected chi connectivity index (χ3v) is 29.7. The first kappa shape index (κ1) is 82.4. The van der Waals surface area contributed by atoms with Crippen molar-refractivity contribution in [3.05, 3.63) is 659 Å². The van der Waals surface area contributed by atoms with Crippen LogP contribution in [0.25, 0.3) is 89.0 Å². The minimum atomic E-state index is -0.564. The molecule has 0 atom stereocenters. The Balaban J connectivity index is 0.000000146. The van der Waals surface area contributed by atoms with Crippen LogP contribution < -0.4 is 9.80 Å². The summed E-state index contributed by atoms with van der Waals surface area (Å²) in [5, 5.41) is 0. The van der Waals surface area contributed by atoms with Gasteiger partial charge in [0.25, 0.3) is 0 Å². The second kappa shape index (κ2) is 34.5. The van der Waals surface area contributed by atoms with E-state index in [1.165, 1.54) is 178 Å². The highest BCUT2D eigenvalue weighted by molar-refractivity contribution is 6.01. The van der Waals surface area contributed by atoms with Gasteiger partial charge in [-0.25, -0.2) is 0 Å². The molecule has 4 aliphatic carbocycles. The summed E-state index contributed by atoms with van der Waals surface area (Å²) in [6.45, 7) is 0. The van der Waals surface area contributed by atoms with E-state index in [-0.39, 0.29) is 0 Å². The summed E-state index contributed by atoms with van der Waals surface area (Å²) in [4.78, 5) is 4.79. The summed E-state index contributed by atoms with van der Waals surface area (Å²) in [6, 6.07) is 211. The minimum absolute atomic E-state index is 0.541. The maximum atomic E-state index is 2.41. The first-order valence-electron chi connectivity index (χ1n) is 48.0. The van der Waals surface area contributed by atoms with Gasteiger partial charge in [0.1, 0.15) is 0 Å². The lowest BCUT2D eigenvalue weighted by atomic mass is 9.51. The van der Waals surface area contributed by atoms with Crippen LogP contribution in [0.1, 0.15) is 89.0 Å². The second-order valence-corrected chi connectivity index (χ2v) is 36.6. The fourth-order valence-corrected chi connectivity index (χ4v) is 24.1. The third kappa shape index (κ3) is 13.1. The van der Waals surface area contributed by atoms with Crippen molar-refractivity contribution in [2.45, 2.75) is 21.7 Å². The zero-order chi connectivity index (χ0) is 91.6. The molecule has 0 saturated heterocycles. The predicted molar refractivity (Wildman–Crippen MR) is 573 cm³/mol. The molecule has 0 aromatic heterocycles. The first-order chi connectivity index (χ1) is 68.5. The van der Waals surface area contributed by atoms with Gasteiger partial charge in [-0.2, -0.15) is 0 Å². The Hall–Kier alpha value is -17.6. The van der Waals surface area contributed by atoms with Gasteiger partial charge in [-0.05, 0) is 239 Å². The zero-order valence-electron chi connectivity index (χ0n) is 76.2. The SMILES string of the molecule is c1ccc(-c2ccc(N(c3ccc(-c4cccc5c4-c4ccccc4C54c5ccccc5C(c5ccccc5)(c5ccccc5)c5ccccc54)cc3)c3cccc(-c4ccccc4)c3)cc2)cc1.c1ccc(-c2ccc(N(c3ccc(-c4cccc5c4-c4ccccc4C54c5ccccc5C(c5ccccc5)(c5ccccc5)c5ccccc54)cc3)c3ccccc3-c3ccccc3)cc2)cc1. The Labute approximate surface area is 808 Å². The standard InChI is InChI=1S/2C68H47N/c1-5-22-48(23-6-1)49-40-44-54(45-41-49)69(65-39-20-14-30-56(65)50-24-7-2-8-25-50)55-46-42-51(43-47-55)57-32-21-38-64-66(57)58-31-13-15-33-59(58)68(64)62-36-18-16-34-60(62)67(52-26-9-3-10-27-52,53-28-11-4-12-29-53)61-35-17-19-37-63(61)68;1-5-21-48(22-6-1)50-39-43-55(44-40-50)69(57-30-19-25-52(47-57)49-23-7-2-8-24-49)56-45-41-51(42-46-56)58-32-20-38-65-66(58)59-31-13-14-33-60(59)68(65)63-36-17-15-34-61(63)67(53-26-9-3-10-27-53,54-28-11-4-12-29-54)62-35-16-18-37-64(62)68/h2*1-47H. The summed E-state index contributed by atoms with van der Waals surface area (Å²) in [6.07, 6.45) is 0. The van der Waals surface area contributed by atoms with Crippen molar-refractivity contribution in [3.63, 3.8) is 0 Å². The number of hydrogen-bond acceptors (Lipinski definition) is 2. The molecular formula is C136H94N2. The molecule has 0 unspecified atom stereocenters. The molecule has 0 amide bonds. The molecule has 2 nitrogen and oxygen atoms in total. The van der Waals surface area contributed by atoms with E-state index in [0.29, 0.717) is 0 Å². The summed E-state index contributed by atoms with van der Waals surface area (Å²) in [7, 11) is 0. The minimum Gasteiger partial charge on any atom is -0.310 e. The van der Waals surface area contributed by atoms with E-state index in [0.717, 1.165) is 34.1 Å². The molecule has 2 spiro atoms. The zero-order valence-corrected chi connectivity index (χ0v) is 76.2. The molecule has 26 rings (SSSR count). The Morgan fingerprint density at radius 2 is 0.333 bits per heavy atom. The van der Waals surface area contributed by atoms with Crippen molar-refractivity contribution in [1.82, 2.24) is 0 Å². The molecule has 0 radical (unpaired) electrons. The molecule has 0 fully saturated rings. The van der Waals surface area contributed by atoms with E-state index in [1.54, 1.807) is 0 Å². The largest absolute Gasteiger partial charge is 0.310 e. The molecule has 2 heteroatoms. The molecule has 138 heavy (non-hydrogen) atoms. The molecule has 4 aliphatic rings. The lowest BCUT2D eigenvalue weighted by molar-refractivity contribution is 0.623. The monoisotopic (exact) mass is 1750 g/mol. The van der Waals surface area contributed by atoms with Crippen LogP contribution in [0, 0.1) is 0 Å². The highest BCUT2D eigenvalue weighted by atomic mass is 15.1. The van der Waals surface area contributed by atoms with Gasteiger partial charge in [-0.15, -0.1) is 0 Å². The molecule has 0 N–H and O–H groups in total. The van der Waals surface area contributed by atoms with E-state index in [2.05, 4.69) is 580 Å². The Morgan fingerprint density at radius 1 is 0.116 bits per heavy atom. The van der Waals surface area contributed by atoms with Crippen molar-refractivity contribution < 1.29 is 0 Å². The molecule has 0 bridgehead atoms. The molecule has 648 valence electrons. The van der Waals surface area contributed by atoms with Gasteiger partial charge >= 0.3 is 0 Å². The van der Waals surface area contributed by atoms with E-state index in [9.17, 15) is 0 Å². The van der Waals surface area contributed by atoms with Crippen LogP contribution in [0.5, 0.6) is 0 Å². The fourth-order valence-electron chi connectivity index (χ4n) is 24.1. The van der Waals surface area contributed by atoms with Gasteiger partial charge in [0, 0.05) is 34.0 Å². The van der Waals surface area contributed by atoms with Gasteiger partial charge < -0.3 is 9.80 Å². The van der Waals surface area contributed by atoms with Gasteiger partial charge in [0.05, 0.1) is 27.3 Å². The average molecular weight is 1760 g/mol. The van der Waals surface area contributed by atoms with E-state index >= 15 is 0 Å². The maximum absolute atomic E-state index is 2.41. The van der Waals surface area contributed by atoms with Crippen LogP contribution in [0.15, 0.2) is 570 Å². The maximum Gasteiger partial charge on any atom is 0.0720 e. The van der Waals surface area contributed by atoms with Crippen molar-refractivity contribution in [2.75, 3.05) is 9.80 Å². The van der Waals surface area contributed by atoms with Crippen LogP contribution in [-0.4, -0.2) is 0 Å². The van der Waals surface area contributed by atoms with E-state index in [1.807, 2.05) is 0 Å². The van der Waals surface area contributed by atoms with Gasteiger partial charge in [0.15, 0.2) is 0 Å². The Bertz CT molecular complexity index is 8070. The number of hydrogen-bond donors (Lipinski definition) is 0. The molecule has 22 aromatic rings. The molecule has 0 heterocycles. The lowest BCUT2D eigenvalue weighted by Gasteiger charge is -2.50. The lowest BCUT2D eigenvalue weighted by Crippen LogP contribution is -2.44. The van der Waals surface area contributed by atoms with Crippen molar-refractivity contribution in [3.8, 4) is 89.0 Å². The van der Waals surface area contributed by atoms with Crippen molar-refractivity contribution in [1.29, 1.82) is 0 Å². The van der Waals surface area contributed by atoms with Crippen LogP contribution in [0.2, 0.25) is 0 Å². The van der Waals surface area contributed by atoms with Gasteiger partial charge in [0.2, 0.25) is 0 Å². The first-order valence-corrected chi connectivity index (χ1v) is 48.0. The third-order valence-electron chi connectivity index (χ3n) is 29.7. The normalized spacial score (nSPS) is 13.4. The number of fused-ring (bicyclic) bond motifs is 18. The van der Waals surface area contributed by atoms with Crippen LogP contribution in [0.4, 0.5) is 34.1 Å². The Morgan fingerprint density at radius 3 is 0.674 bits per heavy atom. The van der Waals surface area contributed by atoms with E-state index < -0.39 is 21.7 Å². The summed E-state index contributed by atoms with van der Waals surface area (Å²) < 4.78 is 0. The number of para-hydroxylation sites is 1. The Kier molecular flexibility index (Phi) is 20.6. The smallest absolute Gasteiger partial charge is 0.0720 e. The average Bonchev–Trinajstić information content (AvgIpc) is 1.43. The predicted octanol–water partition coefficient (Wildman–Crippen LogP) is 34.4. The van der Waals surface area contributed by atoms with Gasteiger partial charge in [-0.1, -0.05) is 504 Å². The number of nitrogens with zero attached hydrogens (tertiary/aromatic N) is 2. The number of rotatable bonds is 16. The van der Waals surface area contributed by atoms with Crippen LogP contribution in [0.3, 0.4) is 0 Å². The van der Waals surface area contributed by atoms with Crippen LogP contribution >= 0.6 is 0 Å². The summed E-state index contributed by atoms with van der Waals surface area (Å²) >= 11 is 0. The molecule has 0 saturated carbocycles. The number of benzene rings is 22. The fraction of sp³-hybridized carbons (Fsp3) is 0.0294. The van der Waals surface area contributed by atoms with Crippen molar-refractivity contribution in [2.24, 2.45) is 0 Å². The summed E-state index contributed by atoms with van der Waals surface area (Å²) in [5.41, 5.74) is 44.7. The quantitative estimate of drug-likeness (QED) is 0.0951. The topological polar surface area (TPSA) is 6.48 Å².